The molecular weight excluding hydrogens is 454 g/mol. The summed E-state index contributed by atoms with van der Waals surface area (Å²) in [6.07, 6.45) is 2.88. The third-order valence-corrected chi connectivity index (χ3v) is 5.17. The van der Waals surface area contributed by atoms with Crippen LogP contribution in [0.2, 0.25) is 0 Å². The number of aromatic nitrogens is 1. The van der Waals surface area contributed by atoms with E-state index in [1.165, 1.54) is 18.5 Å². The number of nitrogen functional groups attached to an aromatic ring is 1. The summed E-state index contributed by atoms with van der Waals surface area (Å²) in [6.45, 7) is -2.92. The lowest BCUT2D eigenvalue weighted by molar-refractivity contribution is 0.0763. The molecule has 2 N–H and O–H groups in total. The fourth-order valence-electron chi connectivity index (χ4n) is 3.30. The molecule has 30 heavy (non-hydrogen) atoms. The second kappa shape index (κ2) is 7.95. The van der Waals surface area contributed by atoms with Gasteiger partial charge in [-0.3, -0.25) is 14.8 Å². The Morgan fingerprint density at radius 3 is 2.73 bits per heavy atom. The normalized spacial score (nSPS) is 16.0. The van der Waals surface area contributed by atoms with Gasteiger partial charge in [-0.1, -0.05) is 12.1 Å². The van der Waals surface area contributed by atoms with Gasteiger partial charge in [0.25, 0.3) is 5.91 Å². The number of halogens is 3. The molecule has 0 radical (unpaired) electrons. The molecule has 0 fully saturated rings. The van der Waals surface area contributed by atoms with Crippen molar-refractivity contribution in [2.75, 3.05) is 12.8 Å². The van der Waals surface area contributed by atoms with Crippen LogP contribution in [0, 0.1) is 11.6 Å². The summed E-state index contributed by atoms with van der Waals surface area (Å²) in [5.74, 6) is -2.51. The van der Waals surface area contributed by atoms with Crippen LogP contribution in [0.1, 0.15) is 29.9 Å². The van der Waals surface area contributed by atoms with E-state index in [1.54, 1.807) is 25.2 Å². The predicted octanol–water partition coefficient (Wildman–Crippen LogP) is 4.58. The zero-order chi connectivity index (χ0) is 23.2. The number of benzene rings is 2. The molecule has 1 amide bonds. The van der Waals surface area contributed by atoms with Gasteiger partial charge in [-0.2, -0.15) is 0 Å². The minimum absolute atomic E-state index is 0.0464. The molecule has 0 atom stereocenters. The van der Waals surface area contributed by atoms with Crippen molar-refractivity contribution in [3.8, 4) is 11.1 Å². The summed E-state index contributed by atoms with van der Waals surface area (Å²) < 4.78 is 47.2. The third kappa shape index (κ3) is 3.59. The molecule has 2 heterocycles. The van der Waals surface area contributed by atoms with Crippen LogP contribution in [0.5, 0.6) is 0 Å². The zero-order valence-electron chi connectivity index (χ0n) is 17.8. The maximum Gasteiger partial charge on any atom is 0.256 e. The highest BCUT2D eigenvalue weighted by Gasteiger charge is 2.30. The smallest absolute Gasteiger partial charge is 0.256 e. The molecule has 4 rings (SSSR count). The second-order valence-corrected chi connectivity index (χ2v) is 7.58. The highest BCUT2D eigenvalue weighted by atomic mass is 79.9. The maximum absolute atomic E-state index is 15.1. The van der Waals surface area contributed by atoms with Crippen molar-refractivity contribution in [2.24, 2.45) is 4.99 Å². The number of nitrogens with zero attached hydrogens (tertiary/aromatic N) is 3. The molecule has 152 valence electrons. The van der Waals surface area contributed by atoms with E-state index in [-0.39, 0.29) is 16.8 Å². The Hall–Kier alpha value is -3.13. The number of aliphatic imine (C=N–C) groups is 1. The minimum Gasteiger partial charge on any atom is -0.398 e. The van der Waals surface area contributed by atoms with E-state index in [4.69, 9.17) is 8.48 Å². The number of fused-ring (bicyclic) bond motifs is 1. The van der Waals surface area contributed by atoms with E-state index in [9.17, 15) is 4.79 Å². The number of nitrogens with two attached hydrogens (primary N) is 1. The number of pyridine rings is 1. The van der Waals surface area contributed by atoms with Gasteiger partial charge in [0.1, 0.15) is 11.6 Å². The number of amides is 1. The number of carbonyl (C=O) groups is 1. The highest BCUT2D eigenvalue weighted by molar-refractivity contribution is 9.10. The van der Waals surface area contributed by atoms with Crippen LogP contribution in [0.15, 0.2) is 52.1 Å². The number of carbonyl (C=O) groups excluding carboxylic acids is 1. The summed E-state index contributed by atoms with van der Waals surface area (Å²) in [7, 11) is 1.56. The lowest BCUT2D eigenvalue weighted by atomic mass is 9.97. The first-order valence-electron chi connectivity index (χ1n) is 9.92. The fraction of sp³-hybridized carbons (Fsp3) is 0.136. The van der Waals surface area contributed by atoms with Gasteiger partial charge < -0.3 is 10.6 Å². The Bertz CT molecular complexity index is 1260. The average molecular weight is 473 g/mol. The van der Waals surface area contributed by atoms with Crippen molar-refractivity contribution in [1.29, 1.82) is 0 Å². The zero-order valence-corrected chi connectivity index (χ0v) is 17.4. The monoisotopic (exact) mass is 472 g/mol. The molecule has 3 aromatic rings. The van der Waals surface area contributed by atoms with Gasteiger partial charge >= 0.3 is 0 Å². The van der Waals surface area contributed by atoms with Crippen LogP contribution in [-0.4, -0.2) is 29.1 Å². The van der Waals surface area contributed by atoms with Crippen LogP contribution >= 0.6 is 15.9 Å². The fourth-order valence-corrected chi connectivity index (χ4v) is 3.63. The molecule has 0 saturated heterocycles. The van der Waals surface area contributed by atoms with E-state index >= 15 is 8.78 Å². The first-order valence-corrected chi connectivity index (χ1v) is 9.71. The molecule has 1 aromatic heterocycles. The molecule has 0 saturated carbocycles. The summed E-state index contributed by atoms with van der Waals surface area (Å²) in [6, 6.07) is 8.71. The number of hydrogen-bond acceptors (Lipinski definition) is 4. The van der Waals surface area contributed by atoms with Gasteiger partial charge in [-0.15, -0.1) is 0 Å². The van der Waals surface area contributed by atoms with E-state index in [1.807, 2.05) is 0 Å². The largest absolute Gasteiger partial charge is 0.398 e. The van der Waals surface area contributed by atoms with Gasteiger partial charge in [0.05, 0.1) is 27.0 Å². The molecule has 2 aromatic carbocycles. The van der Waals surface area contributed by atoms with Crippen molar-refractivity contribution in [1.82, 2.24) is 9.88 Å². The van der Waals surface area contributed by atoms with E-state index in [2.05, 4.69) is 25.9 Å². The van der Waals surface area contributed by atoms with Crippen molar-refractivity contribution in [3.05, 3.63) is 81.1 Å². The molecule has 1 aliphatic heterocycles. The molecule has 8 heteroatoms. The molecule has 0 aliphatic carbocycles. The Labute approximate surface area is 183 Å². The van der Waals surface area contributed by atoms with Crippen LogP contribution in [0.25, 0.3) is 11.1 Å². The van der Waals surface area contributed by atoms with Gasteiger partial charge in [0.2, 0.25) is 0 Å². The molecule has 0 unspecified atom stereocenters. The topological polar surface area (TPSA) is 71.6 Å². The van der Waals surface area contributed by atoms with Crippen molar-refractivity contribution in [3.63, 3.8) is 0 Å². The SMILES string of the molecule is [2H]C1([2H])c2ncc(Br)cc2C(=O)N1Cc1c(F)cc(-c2cccc(N)c2C=NC)cc1F. The quantitative estimate of drug-likeness (QED) is 0.446. The summed E-state index contributed by atoms with van der Waals surface area (Å²) in [5.41, 5.74) is 7.19. The van der Waals surface area contributed by atoms with Gasteiger partial charge in [-0.25, -0.2) is 8.78 Å². The first kappa shape index (κ1) is 17.7. The third-order valence-electron chi connectivity index (χ3n) is 4.74. The summed E-state index contributed by atoms with van der Waals surface area (Å²) in [4.78, 5) is 21.5. The van der Waals surface area contributed by atoms with Crippen molar-refractivity contribution in [2.45, 2.75) is 13.0 Å². The lowest BCUT2D eigenvalue weighted by Gasteiger charge is -2.17. The van der Waals surface area contributed by atoms with E-state index < -0.39 is 36.1 Å². The number of rotatable bonds is 4. The Morgan fingerprint density at radius 1 is 1.30 bits per heavy atom. The standard InChI is InChI=1S/C22H17BrF2N4O/c1-27-9-16-14(3-2-4-20(16)26)12-5-18(24)17(19(25)6-12)10-29-11-21-15(22(29)30)7-13(23)8-28-21/h2-9H,10-11,26H2,1H3/i11D2. The second-order valence-electron chi connectivity index (χ2n) is 6.67. The van der Waals surface area contributed by atoms with E-state index in [0.717, 1.165) is 17.0 Å². The molecule has 5 nitrogen and oxygen atoms in total. The Kier molecular flexibility index (Phi) is 4.69. The lowest BCUT2D eigenvalue weighted by Crippen LogP contribution is -2.24. The number of hydrogen-bond donors (Lipinski definition) is 1. The maximum atomic E-state index is 15.1. The predicted molar refractivity (Wildman–Crippen MR) is 115 cm³/mol. The molecule has 0 spiro atoms. The summed E-state index contributed by atoms with van der Waals surface area (Å²) in [5, 5.41) is 0. The number of anilines is 1. The van der Waals surface area contributed by atoms with Crippen LogP contribution in [0.3, 0.4) is 0 Å². The van der Waals surface area contributed by atoms with Crippen LogP contribution in [-0.2, 0) is 13.0 Å². The van der Waals surface area contributed by atoms with Gasteiger partial charge in [-0.05, 0) is 51.3 Å². The van der Waals surface area contributed by atoms with Crippen LogP contribution in [0.4, 0.5) is 14.5 Å². The molecule has 1 aliphatic rings. The Morgan fingerprint density at radius 2 is 2.03 bits per heavy atom. The van der Waals surface area contributed by atoms with Crippen LogP contribution < -0.4 is 5.73 Å². The van der Waals surface area contributed by atoms with Gasteiger partial charge in [0, 0.05) is 40.7 Å². The molecule has 0 bridgehead atoms. The van der Waals surface area contributed by atoms with E-state index in [0.29, 0.717) is 21.3 Å². The van der Waals surface area contributed by atoms with Crippen molar-refractivity contribution < 1.29 is 16.3 Å². The molecular formula is C22H17BrF2N4O. The Balaban J connectivity index is 1.74. The summed E-state index contributed by atoms with van der Waals surface area (Å²) >= 11 is 3.20. The first-order chi connectivity index (χ1) is 15.1. The highest BCUT2D eigenvalue weighted by Crippen LogP contribution is 2.31. The van der Waals surface area contributed by atoms with Crippen molar-refractivity contribution >= 4 is 33.7 Å². The average Bonchev–Trinajstić information content (AvgIpc) is 2.91. The van der Waals surface area contributed by atoms with Gasteiger partial charge in [0.15, 0.2) is 0 Å². The minimum atomic E-state index is -2.32.